The van der Waals surface area contributed by atoms with E-state index >= 15 is 0 Å². The molecule has 0 radical (unpaired) electrons. The lowest BCUT2D eigenvalue weighted by Gasteiger charge is -2.27. The fourth-order valence-corrected chi connectivity index (χ4v) is 7.03. The number of nitrogens with zero attached hydrogens (tertiary/aromatic N) is 1. The Morgan fingerprint density at radius 3 is 1.63 bits per heavy atom. The molecule has 1 N–H and O–H groups in total. The molecule has 0 bridgehead atoms. The Bertz CT molecular complexity index is 1590. The van der Waals surface area contributed by atoms with Crippen LogP contribution < -0.4 is 15.3 Å². The summed E-state index contributed by atoms with van der Waals surface area (Å²) >= 11 is 1.81. The third kappa shape index (κ3) is 5.26. The van der Waals surface area contributed by atoms with Crippen LogP contribution in [0.2, 0.25) is 0 Å². The molecule has 0 saturated carbocycles. The van der Waals surface area contributed by atoms with Crippen molar-refractivity contribution in [2.45, 2.75) is 0 Å². The van der Waals surface area contributed by atoms with Gasteiger partial charge in [0.1, 0.15) is 5.00 Å². The van der Waals surface area contributed by atoms with Crippen LogP contribution in [0.25, 0.3) is 21.6 Å². The smallest absolute Gasteiger partial charge is 0.118 e. The van der Waals surface area contributed by atoms with Gasteiger partial charge < -0.3 is 9.99 Å². The summed E-state index contributed by atoms with van der Waals surface area (Å²) in [4.78, 5) is 1.25. The number of benzene rings is 5. The zero-order valence-corrected chi connectivity index (χ0v) is 22.6. The summed E-state index contributed by atoms with van der Waals surface area (Å²) in [6.45, 7) is 0. The molecule has 0 aliphatic rings. The Morgan fingerprint density at radius 2 is 1.03 bits per heavy atom. The number of para-hydroxylation sites is 2. The molecule has 5 aromatic carbocycles. The molecule has 1 unspecified atom stereocenters. The third-order valence-corrected chi connectivity index (χ3v) is 8.71. The highest BCUT2D eigenvalue weighted by Gasteiger charge is 2.26. The Morgan fingerprint density at radius 1 is 0.526 bits per heavy atom. The maximum Gasteiger partial charge on any atom is 0.118 e. The van der Waals surface area contributed by atoms with Gasteiger partial charge in [-0.05, 0) is 40.7 Å². The van der Waals surface area contributed by atoms with Gasteiger partial charge in [-0.25, -0.2) is 0 Å². The quantitative estimate of drug-likeness (QED) is 0.199. The van der Waals surface area contributed by atoms with Crippen LogP contribution in [0.1, 0.15) is 0 Å². The number of hydrogen-bond donors (Lipinski definition) is 1. The second-order valence-corrected chi connectivity index (χ2v) is 11.1. The van der Waals surface area contributed by atoms with Gasteiger partial charge in [0.25, 0.3) is 0 Å². The molecule has 1 heterocycles. The second kappa shape index (κ2) is 11.5. The topological polar surface area (TPSA) is 15.3 Å². The van der Waals surface area contributed by atoms with Crippen molar-refractivity contribution >= 4 is 47.4 Å². The Labute approximate surface area is 230 Å². The first kappa shape index (κ1) is 24.2. The average Bonchev–Trinajstić information content (AvgIpc) is 3.37. The lowest BCUT2D eigenvalue weighted by molar-refractivity contribution is 1.44. The zero-order chi connectivity index (χ0) is 25.6. The van der Waals surface area contributed by atoms with E-state index in [2.05, 4.69) is 162 Å². The summed E-state index contributed by atoms with van der Waals surface area (Å²) in [5, 5.41) is 6.20. The first-order chi connectivity index (χ1) is 18.9. The minimum absolute atomic E-state index is 0.420. The van der Waals surface area contributed by atoms with Gasteiger partial charge in [0, 0.05) is 30.5 Å². The molecule has 38 heavy (non-hydrogen) atoms. The summed E-state index contributed by atoms with van der Waals surface area (Å²) in [5.74, 6) is 0. The molecule has 1 aromatic heterocycles. The first-order valence-corrected chi connectivity index (χ1v) is 14.4. The van der Waals surface area contributed by atoms with E-state index in [1.807, 2.05) is 11.3 Å². The SMILES string of the molecule is c1ccc(Nc2sc(-c3ccccc3)c(-c3ccccc3)c2N(Pc2ccccc2)c2ccccc2)cc1. The Hall–Kier alpha value is -4.17. The average molecular weight is 527 g/mol. The predicted octanol–water partition coefficient (Wildman–Crippen LogP) is 9.88. The molecule has 0 fully saturated rings. The largest absolute Gasteiger partial charge is 0.345 e. The van der Waals surface area contributed by atoms with Crippen molar-refractivity contribution in [1.29, 1.82) is 0 Å². The van der Waals surface area contributed by atoms with Crippen LogP contribution in [0.15, 0.2) is 152 Å². The predicted molar refractivity (Wildman–Crippen MR) is 168 cm³/mol. The van der Waals surface area contributed by atoms with E-state index in [1.54, 1.807) is 0 Å². The molecule has 0 saturated heterocycles. The van der Waals surface area contributed by atoms with Crippen molar-refractivity contribution in [1.82, 2.24) is 0 Å². The fraction of sp³-hybridized carbons (Fsp3) is 0. The maximum atomic E-state index is 3.79. The van der Waals surface area contributed by atoms with Crippen molar-refractivity contribution in [3.63, 3.8) is 0 Å². The van der Waals surface area contributed by atoms with E-state index in [0.717, 1.165) is 10.7 Å². The maximum absolute atomic E-state index is 3.79. The number of nitrogens with one attached hydrogen (secondary N) is 1. The molecule has 6 rings (SSSR count). The molecular weight excluding hydrogens is 499 g/mol. The second-order valence-electron chi connectivity index (χ2n) is 8.86. The van der Waals surface area contributed by atoms with Crippen LogP contribution in [0.3, 0.4) is 0 Å². The Kier molecular flexibility index (Phi) is 7.31. The zero-order valence-electron chi connectivity index (χ0n) is 20.8. The van der Waals surface area contributed by atoms with Crippen molar-refractivity contribution in [3.05, 3.63) is 152 Å². The van der Waals surface area contributed by atoms with Crippen molar-refractivity contribution < 1.29 is 0 Å². The van der Waals surface area contributed by atoms with Gasteiger partial charge in [-0.3, -0.25) is 0 Å². The number of rotatable bonds is 8. The van der Waals surface area contributed by atoms with E-state index in [9.17, 15) is 0 Å². The molecule has 2 nitrogen and oxygen atoms in total. The molecule has 0 spiro atoms. The van der Waals surface area contributed by atoms with Gasteiger partial charge in [-0.1, -0.05) is 127 Å². The molecule has 0 aliphatic carbocycles. The molecule has 0 amide bonds. The molecule has 184 valence electrons. The first-order valence-electron chi connectivity index (χ1n) is 12.6. The van der Waals surface area contributed by atoms with Gasteiger partial charge in [-0.15, -0.1) is 11.3 Å². The standard InChI is InChI=1S/C34H27N2PS/c1-6-16-26(17-7-1)31-32(36(29-22-12-4-13-23-29)37-30-24-14-5-15-25-30)34(35-28-20-10-3-11-21-28)38-33(31)27-18-8-2-9-19-27/h1-25,35,37H. The summed E-state index contributed by atoms with van der Waals surface area (Å²) in [5.41, 5.74) is 7.10. The van der Waals surface area contributed by atoms with E-state index in [4.69, 9.17) is 0 Å². The van der Waals surface area contributed by atoms with E-state index in [0.29, 0.717) is 8.73 Å². The highest BCUT2D eigenvalue weighted by molar-refractivity contribution is 7.49. The van der Waals surface area contributed by atoms with Crippen molar-refractivity contribution in [3.8, 4) is 21.6 Å². The normalized spacial score (nSPS) is 11.1. The van der Waals surface area contributed by atoms with Crippen molar-refractivity contribution in [2.24, 2.45) is 0 Å². The molecular formula is C34H27N2PS. The third-order valence-electron chi connectivity index (χ3n) is 6.27. The van der Waals surface area contributed by atoms with Crippen LogP contribution in [0.4, 0.5) is 22.1 Å². The van der Waals surface area contributed by atoms with Crippen LogP contribution >= 0.6 is 20.1 Å². The van der Waals surface area contributed by atoms with Crippen LogP contribution in [0, 0.1) is 0 Å². The fourth-order valence-electron chi connectivity index (χ4n) is 4.51. The molecule has 0 aliphatic heterocycles. The van der Waals surface area contributed by atoms with Crippen LogP contribution in [0.5, 0.6) is 0 Å². The lowest BCUT2D eigenvalue weighted by atomic mass is 10.0. The molecule has 1 atom stereocenters. The Balaban J connectivity index is 1.63. The number of thiophene rings is 1. The minimum Gasteiger partial charge on any atom is -0.345 e. The van der Waals surface area contributed by atoms with Crippen molar-refractivity contribution in [2.75, 3.05) is 9.99 Å². The molecule has 6 aromatic rings. The lowest BCUT2D eigenvalue weighted by Crippen LogP contribution is -2.12. The highest BCUT2D eigenvalue weighted by Crippen LogP contribution is 2.55. The van der Waals surface area contributed by atoms with E-state index in [1.165, 1.54) is 38.2 Å². The summed E-state index contributed by atoms with van der Waals surface area (Å²) < 4.78 is 2.48. The minimum atomic E-state index is 0.420. The van der Waals surface area contributed by atoms with Gasteiger partial charge >= 0.3 is 0 Å². The monoisotopic (exact) mass is 526 g/mol. The van der Waals surface area contributed by atoms with Crippen LogP contribution in [-0.2, 0) is 0 Å². The van der Waals surface area contributed by atoms with Gasteiger partial charge in [0.2, 0.25) is 0 Å². The number of hydrogen-bond acceptors (Lipinski definition) is 3. The van der Waals surface area contributed by atoms with E-state index in [-0.39, 0.29) is 0 Å². The highest BCUT2D eigenvalue weighted by atomic mass is 32.1. The summed E-state index contributed by atoms with van der Waals surface area (Å²) in [6, 6.07) is 53.5. The van der Waals surface area contributed by atoms with Gasteiger partial charge in [0.05, 0.1) is 5.69 Å². The summed E-state index contributed by atoms with van der Waals surface area (Å²) in [7, 11) is 0.420. The van der Waals surface area contributed by atoms with Gasteiger partial charge in [-0.2, -0.15) is 0 Å². The van der Waals surface area contributed by atoms with E-state index < -0.39 is 0 Å². The molecule has 4 heteroatoms. The number of anilines is 4. The van der Waals surface area contributed by atoms with Crippen LogP contribution in [-0.4, -0.2) is 0 Å². The summed E-state index contributed by atoms with van der Waals surface area (Å²) in [6.07, 6.45) is 0. The van der Waals surface area contributed by atoms with Gasteiger partial charge in [0.15, 0.2) is 0 Å².